The average molecular weight is 1420 g/mol. The van der Waals surface area contributed by atoms with Gasteiger partial charge in [0.25, 0.3) is 0 Å². The van der Waals surface area contributed by atoms with Crippen LogP contribution in [0.15, 0.2) is 303 Å². The van der Waals surface area contributed by atoms with Gasteiger partial charge in [-0.2, -0.15) is 0 Å². The van der Waals surface area contributed by atoms with Crippen molar-refractivity contribution in [3.63, 3.8) is 0 Å². The summed E-state index contributed by atoms with van der Waals surface area (Å²) in [4.78, 5) is 14.8. The molecule has 0 amide bonds. The molecule has 1 N–H and O–H groups in total. The van der Waals surface area contributed by atoms with E-state index in [0.717, 1.165) is 50.1 Å². The second-order valence-corrected chi connectivity index (χ2v) is 26.2. The Morgan fingerprint density at radius 2 is 0.524 bits per heavy atom. The van der Waals surface area contributed by atoms with Gasteiger partial charge in [-0.05, 0) is 62.2 Å². The largest absolute Gasteiger partial charge is 0.450 e. The van der Waals surface area contributed by atoms with Crippen LogP contribution < -0.4 is 0 Å². The highest BCUT2D eigenvalue weighted by atomic mass is 16.8. The number of benzene rings is 10. The molecule has 0 spiro atoms. The quantitative estimate of drug-likeness (QED) is 0.0367. The van der Waals surface area contributed by atoms with Gasteiger partial charge in [0.05, 0.1) is 84.8 Å². The van der Waals surface area contributed by atoms with E-state index in [-0.39, 0.29) is 84.8 Å². The smallest absolute Gasteiger partial charge is 0.338 e. The number of hydrogen-bond acceptors (Lipinski definition) is 17. The number of ether oxygens (including phenoxy) is 15. The molecular weight excluding hydrogens is 1330 g/mol. The number of hydrogen-bond donors (Lipinski definition) is 1. The summed E-state index contributed by atoms with van der Waals surface area (Å²) in [6.07, 6.45) is -17.2. The third-order valence-corrected chi connectivity index (χ3v) is 18.5. The van der Waals surface area contributed by atoms with Gasteiger partial charge in [-0.3, -0.25) is 0 Å². The Kier molecular flexibility index (Phi) is 27.9. The van der Waals surface area contributed by atoms with Gasteiger partial charge in [0.15, 0.2) is 25.0 Å². The average Bonchev–Trinajstić information content (AvgIpc) is 0.775. The molecule has 3 aliphatic heterocycles. The minimum Gasteiger partial charge on any atom is -0.450 e. The zero-order valence-corrected chi connectivity index (χ0v) is 58.5. The van der Waals surface area contributed by atoms with E-state index in [2.05, 4.69) is 0 Å². The molecule has 0 aromatic heterocycles. The van der Waals surface area contributed by atoms with Crippen LogP contribution in [0.5, 0.6) is 0 Å². The van der Waals surface area contributed by atoms with E-state index in [1.54, 1.807) is 24.3 Å². The maximum absolute atomic E-state index is 14.8. The van der Waals surface area contributed by atoms with E-state index in [9.17, 15) is 9.90 Å². The molecule has 3 aliphatic rings. The number of esters is 1. The number of rotatable bonds is 36. The topological polar surface area (TPSA) is 176 Å². The van der Waals surface area contributed by atoms with Gasteiger partial charge in [-0.25, -0.2) is 4.79 Å². The van der Waals surface area contributed by atoms with Crippen molar-refractivity contribution in [1.82, 2.24) is 0 Å². The van der Waals surface area contributed by atoms with Crippen LogP contribution in [0, 0.1) is 0 Å². The van der Waals surface area contributed by atoms with Crippen LogP contribution in [0.4, 0.5) is 0 Å². The summed E-state index contributed by atoms with van der Waals surface area (Å²) in [5.74, 6) is -0.661. The molecule has 0 bridgehead atoms. The van der Waals surface area contributed by atoms with Crippen molar-refractivity contribution in [2.24, 2.45) is 0 Å². The lowest BCUT2D eigenvalue weighted by molar-refractivity contribution is -0.379. The molecule has 3 heterocycles. The lowest BCUT2D eigenvalue weighted by atomic mass is 9.95. The van der Waals surface area contributed by atoms with Crippen molar-refractivity contribution in [2.75, 3.05) is 19.8 Å². The van der Waals surface area contributed by atoms with Crippen LogP contribution in [-0.4, -0.2) is 123 Å². The summed E-state index contributed by atoms with van der Waals surface area (Å²) in [7, 11) is 0. The molecule has 0 radical (unpaired) electrons. The van der Waals surface area contributed by atoms with Crippen molar-refractivity contribution >= 4 is 5.97 Å². The predicted molar refractivity (Wildman–Crippen MR) is 392 cm³/mol. The lowest BCUT2D eigenvalue weighted by Crippen LogP contribution is -2.66. The second kappa shape index (κ2) is 39.4. The zero-order chi connectivity index (χ0) is 71.5. The second-order valence-electron chi connectivity index (χ2n) is 26.2. The first-order chi connectivity index (χ1) is 51.9. The monoisotopic (exact) mass is 1420 g/mol. The lowest BCUT2D eigenvalue weighted by Gasteiger charge is -2.50. The summed E-state index contributed by atoms with van der Waals surface area (Å²) < 4.78 is 106. The molecule has 0 saturated carbocycles. The molecule has 10 aromatic carbocycles. The molecule has 0 aliphatic carbocycles. The third kappa shape index (κ3) is 21.6. The van der Waals surface area contributed by atoms with Crippen LogP contribution in [0.1, 0.15) is 60.4 Å². The van der Waals surface area contributed by atoms with E-state index < -0.39 is 98.1 Å². The fourth-order valence-corrected chi connectivity index (χ4v) is 13.1. The Morgan fingerprint density at radius 1 is 0.257 bits per heavy atom. The van der Waals surface area contributed by atoms with Crippen LogP contribution in [0.25, 0.3) is 0 Å². The summed E-state index contributed by atoms with van der Waals surface area (Å²) >= 11 is 0. The minimum atomic E-state index is -1.70. The van der Waals surface area contributed by atoms with E-state index in [1.807, 2.05) is 279 Å². The van der Waals surface area contributed by atoms with Crippen molar-refractivity contribution in [3.8, 4) is 0 Å². The van der Waals surface area contributed by atoms with Crippen molar-refractivity contribution in [2.45, 2.75) is 152 Å². The van der Waals surface area contributed by atoms with E-state index in [0.29, 0.717) is 0 Å². The summed E-state index contributed by atoms with van der Waals surface area (Å²) in [6, 6.07) is 97.0. The Labute approximate surface area is 614 Å². The molecule has 13 rings (SSSR count). The van der Waals surface area contributed by atoms with E-state index in [1.165, 1.54) is 0 Å². The number of aliphatic hydroxyl groups is 1. The van der Waals surface area contributed by atoms with Gasteiger partial charge < -0.3 is 76.2 Å². The van der Waals surface area contributed by atoms with Crippen LogP contribution in [0.2, 0.25) is 0 Å². The fourth-order valence-electron chi connectivity index (χ4n) is 13.1. The number of carbonyl (C=O) groups is 1. The van der Waals surface area contributed by atoms with Crippen LogP contribution in [0.3, 0.4) is 0 Å². The molecule has 105 heavy (non-hydrogen) atoms. The van der Waals surface area contributed by atoms with Crippen LogP contribution in [-0.2, 0) is 131 Å². The molecule has 17 heteroatoms. The first-order valence-electron chi connectivity index (χ1n) is 35.9. The molecule has 0 unspecified atom stereocenters. The summed E-state index contributed by atoms with van der Waals surface area (Å²) in [6.45, 7) is 0.951. The standard InChI is InChI=1S/C88H90O17/c89-85(72-49-29-10-30-50-72)104-84-80(97-57-69-43-23-7-24-44-69)77(94-54-66-37-17-4-18-38-66)73(60-91-51-63-31-11-1-12-32-63)102-87(84)100-62-75-78(95-55-67-39-19-5-20-40-67)81(82(86(90)101-75)98-58-70-45-25-8-26-46-70)105-88-83(99-59-71-47-27-9-28-48-71)79(96-56-68-41-21-6-22-42-68)76(93-53-65-35-15-3-16-36-65)74(103-88)61-92-52-64-33-13-2-14-34-64/h1-50,73-84,86-88,90H,51-62H2/t73-,74-,75-,76-,77-,78-,79+,80+,81+,82+,83+,84+,86+,87+,88-/m1/s1. The Balaban J connectivity index is 0.892. The van der Waals surface area contributed by atoms with Gasteiger partial charge in [0, 0.05) is 0 Å². The SMILES string of the molecule is O=C(O[C@@H]1[C@@H](OC[C@H]2O[C@H](O)[C@@H](OCc3ccccc3)[C@@H](O[C@H]3O[C@H](COCc4ccccc4)[C@@H](OCc4ccccc4)[C@H](OCc4ccccc4)[C@@H]3OCc3ccccc3)[C@@H]2OCc2ccccc2)O[C@H](COCc2ccccc2)[C@@H](OCc2ccccc2)[C@@H]1OCc1ccccc1)c1ccccc1. The highest BCUT2D eigenvalue weighted by molar-refractivity contribution is 5.89. The van der Waals surface area contributed by atoms with Gasteiger partial charge in [0.1, 0.15) is 67.1 Å². The van der Waals surface area contributed by atoms with Crippen molar-refractivity contribution in [3.05, 3.63) is 359 Å². The molecule has 17 nitrogen and oxygen atoms in total. The van der Waals surface area contributed by atoms with E-state index >= 15 is 0 Å². The molecule has 544 valence electrons. The van der Waals surface area contributed by atoms with Crippen molar-refractivity contribution < 1.29 is 81.0 Å². The highest BCUT2D eigenvalue weighted by Gasteiger charge is 2.56. The maximum Gasteiger partial charge on any atom is 0.338 e. The molecule has 3 saturated heterocycles. The Hall–Kier alpha value is -8.93. The number of aliphatic hydroxyl groups excluding tert-OH is 1. The summed E-state index contributed by atoms with van der Waals surface area (Å²) in [5, 5.41) is 12.9. The molecule has 3 fully saturated rings. The normalized spacial score (nSPS) is 24.6. The van der Waals surface area contributed by atoms with Gasteiger partial charge in [-0.1, -0.05) is 291 Å². The first kappa shape index (κ1) is 74.3. The molecule has 10 aromatic rings. The Morgan fingerprint density at radius 3 is 0.876 bits per heavy atom. The first-order valence-corrected chi connectivity index (χ1v) is 35.9. The zero-order valence-electron chi connectivity index (χ0n) is 58.5. The highest BCUT2D eigenvalue weighted by Crippen LogP contribution is 2.39. The minimum absolute atomic E-state index is 0.00203. The van der Waals surface area contributed by atoms with Crippen LogP contribution >= 0.6 is 0 Å². The predicted octanol–water partition coefficient (Wildman–Crippen LogP) is 14.3. The van der Waals surface area contributed by atoms with Crippen molar-refractivity contribution in [1.29, 1.82) is 0 Å². The molecular formula is C88H90O17. The van der Waals surface area contributed by atoms with Gasteiger partial charge in [-0.15, -0.1) is 0 Å². The molecule has 15 atom stereocenters. The van der Waals surface area contributed by atoms with Gasteiger partial charge >= 0.3 is 5.97 Å². The van der Waals surface area contributed by atoms with E-state index in [4.69, 9.17) is 71.1 Å². The Bertz CT molecular complexity index is 4050. The third-order valence-electron chi connectivity index (χ3n) is 18.5. The summed E-state index contributed by atoms with van der Waals surface area (Å²) in [5.41, 5.74) is 8.31. The van der Waals surface area contributed by atoms with Gasteiger partial charge in [0.2, 0.25) is 0 Å². The fraction of sp³-hybridized carbons (Fsp3) is 0.307. The number of carbonyl (C=O) groups excluding carboxylic acids is 1. The maximum atomic E-state index is 14.8.